The van der Waals surface area contributed by atoms with Crippen molar-refractivity contribution < 1.29 is 19.1 Å². The highest BCUT2D eigenvalue weighted by molar-refractivity contribution is 5.86. The van der Waals surface area contributed by atoms with Crippen molar-refractivity contribution in [2.24, 2.45) is 0 Å². The molecule has 2 N–H and O–H groups in total. The number of rotatable bonds is 6. The molecule has 2 amide bonds. The highest BCUT2D eigenvalue weighted by Gasteiger charge is 2.38. The van der Waals surface area contributed by atoms with E-state index in [2.05, 4.69) is 20.0 Å². The zero-order chi connectivity index (χ0) is 17.7. The summed E-state index contributed by atoms with van der Waals surface area (Å²) in [6.45, 7) is 4.42. The first-order chi connectivity index (χ1) is 11.5. The molecule has 0 bridgehead atoms. The first-order valence-corrected chi connectivity index (χ1v) is 8.23. The number of aryl methyl sites for hydroxylation is 1. The second-order valence-corrected chi connectivity index (χ2v) is 5.89. The maximum atomic E-state index is 13.0. The number of nitrogens with zero attached hydrogens (tertiary/aromatic N) is 2. The predicted molar refractivity (Wildman–Crippen MR) is 87.5 cm³/mol. The van der Waals surface area contributed by atoms with Crippen molar-refractivity contribution in [2.75, 3.05) is 20.8 Å². The third-order valence-electron chi connectivity index (χ3n) is 4.45. The summed E-state index contributed by atoms with van der Waals surface area (Å²) in [4.78, 5) is 34.0. The van der Waals surface area contributed by atoms with Crippen molar-refractivity contribution in [3.63, 3.8) is 0 Å². The van der Waals surface area contributed by atoms with Crippen molar-refractivity contribution in [1.82, 2.24) is 20.2 Å². The van der Waals surface area contributed by atoms with Gasteiger partial charge < -0.3 is 24.7 Å². The van der Waals surface area contributed by atoms with Crippen molar-refractivity contribution in [3.05, 3.63) is 17.7 Å². The van der Waals surface area contributed by atoms with Gasteiger partial charge in [0.05, 0.1) is 19.3 Å². The first kappa shape index (κ1) is 18.3. The molecule has 1 aromatic rings. The molecule has 8 heteroatoms. The molecule has 2 heterocycles. The van der Waals surface area contributed by atoms with Crippen LogP contribution in [0.2, 0.25) is 0 Å². The number of nitrogens with one attached hydrogen (secondary N) is 2. The van der Waals surface area contributed by atoms with E-state index in [4.69, 9.17) is 4.74 Å². The van der Waals surface area contributed by atoms with Gasteiger partial charge in [0.25, 0.3) is 0 Å². The standard InChI is InChI=1S/C16H26N4O4/c1-5-11-9-17-14(18-11)12-7-6-8-20(12)15(21)13(10(2)23-3)19-16(22)24-4/h9-10,12-13H,5-8H2,1-4H3,(H,17,18)(H,19,22)/t10-,12-,13-/m0/s1. The van der Waals surface area contributed by atoms with Gasteiger partial charge >= 0.3 is 6.09 Å². The molecule has 2 rings (SSSR count). The van der Waals surface area contributed by atoms with Crippen LogP contribution in [0, 0.1) is 0 Å². The fraction of sp³-hybridized carbons (Fsp3) is 0.688. The van der Waals surface area contributed by atoms with Gasteiger partial charge in [-0.1, -0.05) is 6.92 Å². The van der Waals surface area contributed by atoms with Crippen LogP contribution in [0.1, 0.15) is 44.2 Å². The number of aromatic nitrogens is 2. The lowest BCUT2D eigenvalue weighted by Gasteiger charge is -2.30. The fourth-order valence-corrected chi connectivity index (χ4v) is 2.92. The average molecular weight is 338 g/mol. The van der Waals surface area contributed by atoms with Gasteiger partial charge in [-0.3, -0.25) is 4.79 Å². The number of hydrogen-bond acceptors (Lipinski definition) is 5. The van der Waals surface area contributed by atoms with E-state index in [1.165, 1.54) is 14.2 Å². The molecule has 0 saturated carbocycles. The number of alkyl carbamates (subject to hydrolysis) is 1. The molecule has 0 unspecified atom stereocenters. The molecule has 0 aromatic carbocycles. The molecule has 134 valence electrons. The number of imidazole rings is 1. The number of hydrogen-bond donors (Lipinski definition) is 2. The second-order valence-electron chi connectivity index (χ2n) is 5.89. The van der Waals surface area contributed by atoms with Crippen molar-refractivity contribution in [2.45, 2.75) is 51.3 Å². The van der Waals surface area contributed by atoms with Gasteiger partial charge in [-0.05, 0) is 26.2 Å². The number of methoxy groups -OCH3 is 2. The van der Waals surface area contributed by atoms with Gasteiger partial charge in [-0.15, -0.1) is 0 Å². The average Bonchev–Trinajstić information content (AvgIpc) is 3.26. The van der Waals surface area contributed by atoms with E-state index >= 15 is 0 Å². The van der Waals surface area contributed by atoms with Gasteiger partial charge in [-0.2, -0.15) is 0 Å². The van der Waals surface area contributed by atoms with E-state index < -0.39 is 18.2 Å². The summed E-state index contributed by atoms with van der Waals surface area (Å²) >= 11 is 0. The minimum absolute atomic E-state index is 0.108. The Balaban J connectivity index is 2.18. The number of aromatic amines is 1. The molecule has 1 fully saturated rings. The normalized spacial score (nSPS) is 19.8. The van der Waals surface area contributed by atoms with Crippen LogP contribution in [0.15, 0.2) is 6.20 Å². The minimum atomic E-state index is -0.802. The van der Waals surface area contributed by atoms with Crippen LogP contribution in [0.4, 0.5) is 4.79 Å². The Bertz CT molecular complexity index is 574. The highest BCUT2D eigenvalue weighted by Crippen LogP contribution is 2.31. The zero-order valence-electron chi connectivity index (χ0n) is 14.7. The maximum Gasteiger partial charge on any atom is 0.407 e. The molecule has 1 aromatic heterocycles. The highest BCUT2D eigenvalue weighted by atomic mass is 16.5. The SMILES string of the molecule is CCc1cnc([C@@H]2CCCN2C(=O)[C@@H](NC(=O)OC)[C@H](C)OC)[nH]1. The van der Waals surface area contributed by atoms with E-state index in [-0.39, 0.29) is 11.9 Å². The predicted octanol–water partition coefficient (Wildman–Crippen LogP) is 1.40. The lowest BCUT2D eigenvalue weighted by Crippen LogP contribution is -2.54. The number of ether oxygens (including phenoxy) is 2. The van der Waals surface area contributed by atoms with Crippen molar-refractivity contribution >= 4 is 12.0 Å². The molecule has 1 aliphatic heterocycles. The Morgan fingerprint density at radius 1 is 1.50 bits per heavy atom. The largest absolute Gasteiger partial charge is 0.453 e. The summed E-state index contributed by atoms with van der Waals surface area (Å²) in [5.41, 5.74) is 1.04. The lowest BCUT2D eigenvalue weighted by molar-refractivity contribution is -0.137. The number of carbonyl (C=O) groups is 2. The minimum Gasteiger partial charge on any atom is -0.453 e. The molecular weight excluding hydrogens is 312 g/mol. The number of carbonyl (C=O) groups excluding carboxylic acids is 2. The summed E-state index contributed by atoms with van der Waals surface area (Å²) in [6, 6.07) is -0.910. The summed E-state index contributed by atoms with van der Waals surface area (Å²) in [7, 11) is 2.77. The summed E-state index contributed by atoms with van der Waals surface area (Å²) in [6.07, 6.45) is 3.28. The van der Waals surface area contributed by atoms with E-state index in [1.807, 2.05) is 6.92 Å². The maximum absolute atomic E-state index is 13.0. The van der Waals surface area contributed by atoms with E-state index in [0.29, 0.717) is 6.54 Å². The van der Waals surface area contributed by atoms with E-state index in [1.54, 1.807) is 18.0 Å². The first-order valence-electron chi connectivity index (χ1n) is 8.23. The van der Waals surface area contributed by atoms with Crippen LogP contribution >= 0.6 is 0 Å². The van der Waals surface area contributed by atoms with Crippen LogP contribution in [0.5, 0.6) is 0 Å². The molecule has 3 atom stereocenters. The monoisotopic (exact) mass is 338 g/mol. The number of H-pyrrole nitrogens is 1. The molecule has 0 radical (unpaired) electrons. The smallest absolute Gasteiger partial charge is 0.407 e. The number of amides is 2. The Hall–Kier alpha value is -2.09. The van der Waals surface area contributed by atoms with Crippen LogP contribution in [-0.2, 0) is 20.7 Å². The molecule has 1 aliphatic rings. The van der Waals surface area contributed by atoms with Crippen LogP contribution in [-0.4, -0.2) is 59.8 Å². The summed E-state index contributed by atoms with van der Waals surface area (Å²) in [5, 5.41) is 2.57. The second kappa shape index (κ2) is 8.14. The zero-order valence-corrected chi connectivity index (χ0v) is 14.7. The Labute approximate surface area is 141 Å². The number of likely N-dealkylation sites (tertiary alicyclic amines) is 1. The molecule has 0 spiro atoms. The molecule has 24 heavy (non-hydrogen) atoms. The molecule has 0 aliphatic carbocycles. The van der Waals surface area contributed by atoms with Crippen LogP contribution in [0.3, 0.4) is 0 Å². The van der Waals surface area contributed by atoms with Gasteiger partial charge in [0.1, 0.15) is 11.9 Å². The van der Waals surface area contributed by atoms with Crippen LogP contribution in [0.25, 0.3) is 0 Å². The molecule has 8 nitrogen and oxygen atoms in total. The Morgan fingerprint density at radius 3 is 2.83 bits per heavy atom. The topological polar surface area (TPSA) is 96.6 Å². The summed E-state index contributed by atoms with van der Waals surface area (Å²) in [5.74, 6) is 0.603. The summed E-state index contributed by atoms with van der Waals surface area (Å²) < 4.78 is 9.88. The third kappa shape index (κ3) is 3.87. The lowest BCUT2D eigenvalue weighted by atomic mass is 10.1. The van der Waals surface area contributed by atoms with E-state index in [0.717, 1.165) is 30.8 Å². The fourth-order valence-electron chi connectivity index (χ4n) is 2.92. The Morgan fingerprint density at radius 2 is 2.25 bits per heavy atom. The van der Waals surface area contributed by atoms with Crippen LogP contribution < -0.4 is 5.32 Å². The van der Waals surface area contributed by atoms with Gasteiger partial charge in [0.2, 0.25) is 5.91 Å². The molecule has 1 saturated heterocycles. The van der Waals surface area contributed by atoms with Gasteiger partial charge in [0, 0.05) is 25.5 Å². The third-order valence-corrected chi connectivity index (χ3v) is 4.45. The Kier molecular flexibility index (Phi) is 6.19. The van der Waals surface area contributed by atoms with Gasteiger partial charge in [-0.25, -0.2) is 9.78 Å². The van der Waals surface area contributed by atoms with Gasteiger partial charge in [0.15, 0.2) is 0 Å². The van der Waals surface area contributed by atoms with Crippen molar-refractivity contribution in [1.29, 1.82) is 0 Å². The van der Waals surface area contributed by atoms with Crippen molar-refractivity contribution in [3.8, 4) is 0 Å². The quantitative estimate of drug-likeness (QED) is 0.817. The van der Waals surface area contributed by atoms with E-state index in [9.17, 15) is 9.59 Å². The molecular formula is C16H26N4O4.